The minimum absolute atomic E-state index is 0.0769. The summed E-state index contributed by atoms with van der Waals surface area (Å²) in [6.45, 7) is 4.80. The summed E-state index contributed by atoms with van der Waals surface area (Å²) in [5, 5.41) is 1.66. The Labute approximate surface area is 163 Å². The van der Waals surface area contributed by atoms with Crippen LogP contribution < -0.4 is 4.72 Å². The summed E-state index contributed by atoms with van der Waals surface area (Å²) in [7, 11) is -2.25. The molecule has 1 N–H and O–H groups in total. The molecule has 0 saturated heterocycles. The number of thiophene rings is 1. The van der Waals surface area contributed by atoms with E-state index in [1.54, 1.807) is 28.5 Å². The van der Waals surface area contributed by atoms with Gasteiger partial charge in [0.1, 0.15) is 4.21 Å². The van der Waals surface area contributed by atoms with E-state index >= 15 is 0 Å². The molecule has 0 aliphatic heterocycles. The zero-order valence-electron chi connectivity index (χ0n) is 15.5. The van der Waals surface area contributed by atoms with Gasteiger partial charge >= 0.3 is 0 Å². The Bertz CT molecular complexity index is 891. The van der Waals surface area contributed by atoms with Crippen molar-refractivity contribution < 1.29 is 18.0 Å². The molecule has 0 fully saturated rings. The number of carbonyl (C=O) groups excluding carboxylic acids is 2. The number of hydrogen-bond acceptors (Lipinski definition) is 5. The molecule has 0 aliphatic carbocycles. The fraction of sp³-hybridized carbons (Fsp3) is 0.333. The van der Waals surface area contributed by atoms with Gasteiger partial charge in [-0.05, 0) is 37.4 Å². The third-order valence-corrected chi connectivity index (χ3v) is 6.76. The van der Waals surface area contributed by atoms with Crippen LogP contribution in [-0.4, -0.2) is 56.7 Å². The van der Waals surface area contributed by atoms with Gasteiger partial charge in [-0.3, -0.25) is 14.3 Å². The molecule has 0 spiro atoms. The zero-order valence-corrected chi connectivity index (χ0v) is 17.1. The van der Waals surface area contributed by atoms with Crippen molar-refractivity contribution in [3.8, 4) is 0 Å². The lowest BCUT2D eigenvalue weighted by molar-refractivity contribution is -0.131. The third kappa shape index (κ3) is 5.08. The van der Waals surface area contributed by atoms with Crippen molar-refractivity contribution in [3.63, 3.8) is 0 Å². The number of benzene rings is 1. The van der Waals surface area contributed by atoms with Crippen molar-refractivity contribution in [2.75, 3.05) is 31.4 Å². The second kappa shape index (κ2) is 9.01. The van der Waals surface area contributed by atoms with E-state index < -0.39 is 15.9 Å². The van der Waals surface area contributed by atoms with Crippen molar-refractivity contribution in [1.29, 1.82) is 0 Å². The van der Waals surface area contributed by atoms with Gasteiger partial charge in [-0.25, -0.2) is 8.42 Å². The Morgan fingerprint density at radius 3 is 2.33 bits per heavy atom. The van der Waals surface area contributed by atoms with Crippen molar-refractivity contribution in [2.45, 2.75) is 18.1 Å². The first-order valence-corrected chi connectivity index (χ1v) is 10.8. The highest BCUT2D eigenvalue weighted by molar-refractivity contribution is 7.94. The third-order valence-electron chi connectivity index (χ3n) is 4.00. The van der Waals surface area contributed by atoms with E-state index in [0.29, 0.717) is 13.1 Å². The van der Waals surface area contributed by atoms with Crippen LogP contribution in [0.1, 0.15) is 24.2 Å². The lowest BCUT2D eigenvalue weighted by Crippen LogP contribution is -2.41. The molecule has 1 heterocycles. The number of sulfonamides is 1. The molecule has 27 heavy (non-hydrogen) atoms. The Hall–Kier alpha value is -2.39. The molecule has 2 aromatic rings. The van der Waals surface area contributed by atoms with Gasteiger partial charge in [0.15, 0.2) is 0 Å². The van der Waals surface area contributed by atoms with Crippen molar-refractivity contribution >= 4 is 38.9 Å². The Morgan fingerprint density at radius 2 is 1.74 bits per heavy atom. The number of hydrogen-bond donors (Lipinski definition) is 1. The molecule has 0 radical (unpaired) electrons. The fourth-order valence-electron chi connectivity index (χ4n) is 2.53. The molecule has 2 rings (SSSR count). The van der Waals surface area contributed by atoms with Crippen LogP contribution in [0.5, 0.6) is 0 Å². The average molecular weight is 410 g/mol. The molecule has 7 nitrogen and oxygen atoms in total. The molecular formula is C18H23N3O4S2. The Kier molecular flexibility index (Phi) is 6.98. The SMILES string of the molecule is CCN(CC)C(=O)CN(C)C(=O)c1ccccc1NS(=O)(=O)c1cccs1. The minimum atomic E-state index is -3.77. The standard InChI is InChI=1S/C18H23N3O4S2/c1-4-21(5-2)16(22)13-20(3)18(23)14-9-6-7-10-15(14)19-27(24,25)17-11-8-12-26-17/h6-12,19H,4-5,13H2,1-3H3. The molecule has 1 aromatic carbocycles. The molecule has 0 bridgehead atoms. The lowest BCUT2D eigenvalue weighted by atomic mass is 10.1. The maximum Gasteiger partial charge on any atom is 0.271 e. The van der Waals surface area contributed by atoms with Crippen LogP contribution in [0, 0.1) is 0 Å². The van der Waals surface area contributed by atoms with Crippen LogP contribution in [0.3, 0.4) is 0 Å². The van der Waals surface area contributed by atoms with Gasteiger partial charge in [-0.15, -0.1) is 11.3 Å². The highest BCUT2D eigenvalue weighted by Gasteiger charge is 2.23. The first-order chi connectivity index (χ1) is 12.8. The molecule has 0 saturated carbocycles. The normalized spacial score (nSPS) is 11.1. The van der Waals surface area contributed by atoms with Crippen LogP contribution in [0.15, 0.2) is 46.0 Å². The van der Waals surface area contributed by atoms with Crippen LogP contribution in [-0.2, 0) is 14.8 Å². The highest BCUT2D eigenvalue weighted by atomic mass is 32.2. The molecule has 9 heteroatoms. The van der Waals surface area contributed by atoms with E-state index in [9.17, 15) is 18.0 Å². The number of carbonyl (C=O) groups is 2. The summed E-state index contributed by atoms with van der Waals surface area (Å²) >= 11 is 1.09. The topological polar surface area (TPSA) is 86.8 Å². The van der Waals surface area contributed by atoms with Crippen molar-refractivity contribution in [2.24, 2.45) is 0 Å². The van der Waals surface area contributed by atoms with Crippen LogP contribution in [0.4, 0.5) is 5.69 Å². The molecule has 0 aliphatic rings. The monoisotopic (exact) mass is 409 g/mol. The zero-order chi connectivity index (χ0) is 20.0. The second-order valence-electron chi connectivity index (χ2n) is 5.81. The predicted molar refractivity (Wildman–Crippen MR) is 106 cm³/mol. The minimum Gasteiger partial charge on any atom is -0.342 e. The van der Waals surface area contributed by atoms with Gasteiger partial charge in [-0.2, -0.15) is 0 Å². The van der Waals surface area contributed by atoms with Gasteiger partial charge in [0.05, 0.1) is 17.8 Å². The van der Waals surface area contributed by atoms with E-state index in [1.807, 2.05) is 13.8 Å². The van der Waals surface area contributed by atoms with Crippen LogP contribution in [0.25, 0.3) is 0 Å². The lowest BCUT2D eigenvalue weighted by Gasteiger charge is -2.24. The van der Waals surface area contributed by atoms with Gasteiger partial charge in [0.25, 0.3) is 15.9 Å². The first kappa shape index (κ1) is 20.9. The van der Waals surface area contributed by atoms with E-state index in [4.69, 9.17) is 0 Å². The molecule has 1 aromatic heterocycles. The Balaban J connectivity index is 2.21. The molecule has 2 amide bonds. The van der Waals surface area contributed by atoms with E-state index in [-0.39, 0.29) is 27.9 Å². The summed E-state index contributed by atoms with van der Waals surface area (Å²) in [5.41, 5.74) is 0.366. The predicted octanol–water partition coefficient (Wildman–Crippen LogP) is 2.49. The van der Waals surface area contributed by atoms with E-state index in [0.717, 1.165) is 11.3 Å². The number of amides is 2. The first-order valence-electron chi connectivity index (χ1n) is 8.48. The van der Waals surface area contributed by atoms with Gasteiger partial charge in [0.2, 0.25) is 5.91 Å². The smallest absolute Gasteiger partial charge is 0.271 e. The van der Waals surface area contributed by atoms with Gasteiger partial charge in [-0.1, -0.05) is 18.2 Å². The quantitative estimate of drug-likeness (QED) is 0.726. The van der Waals surface area contributed by atoms with Crippen molar-refractivity contribution in [1.82, 2.24) is 9.80 Å². The number of anilines is 1. The fourth-order valence-corrected chi connectivity index (χ4v) is 4.60. The average Bonchev–Trinajstić information content (AvgIpc) is 3.18. The van der Waals surface area contributed by atoms with Crippen LogP contribution in [0.2, 0.25) is 0 Å². The number of rotatable bonds is 8. The largest absolute Gasteiger partial charge is 0.342 e. The van der Waals surface area contributed by atoms with Gasteiger partial charge in [0, 0.05) is 20.1 Å². The van der Waals surface area contributed by atoms with Crippen molar-refractivity contribution in [3.05, 3.63) is 47.3 Å². The summed E-state index contributed by atoms with van der Waals surface area (Å²) in [5.74, 6) is -0.590. The molecular weight excluding hydrogens is 386 g/mol. The maximum absolute atomic E-state index is 12.8. The molecule has 0 atom stereocenters. The molecule has 0 unspecified atom stereocenters. The summed E-state index contributed by atoms with van der Waals surface area (Å²) in [6.07, 6.45) is 0. The summed E-state index contributed by atoms with van der Waals surface area (Å²) in [4.78, 5) is 28.0. The Morgan fingerprint density at radius 1 is 1.07 bits per heavy atom. The number of para-hydroxylation sites is 1. The number of nitrogens with one attached hydrogen (secondary N) is 1. The van der Waals surface area contributed by atoms with E-state index in [2.05, 4.69) is 4.72 Å². The van der Waals surface area contributed by atoms with Gasteiger partial charge < -0.3 is 9.80 Å². The van der Waals surface area contributed by atoms with E-state index in [1.165, 1.54) is 30.1 Å². The number of nitrogens with zero attached hydrogens (tertiary/aromatic N) is 2. The summed E-state index contributed by atoms with van der Waals surface area (Å²) < 4.78 is 27.6. The maximum atomic E-state index is 12.8. The molecule has 146 valence electrons. The van der Waals surface area contributed by atoms with Crippen LogP contribution >= 0.6 is 11.3 Å². The highest BCUT2D eigenvalue weighted by Crippen LogP contribution is 2.23. The number of likely N-dealkylation sites (N-methyl/N-ethyl adjacent to an activating group) is 2. The second-order valence-corrected chi connectivity index (χ2v) is 8.67. The summed E-state index contributed by atoms with van der Waals surface area (Å²) in [6, 6.07) is 9.49.